The maximum absolute atomic E-state index is 11.0. The van der Waals surface area contributed by atoms with E-state index in [-0.39, 0.29) is 0 Å². The van der Waals surface area contributed by atoms with Gasteiger partial charge < -0.3 is 0 Å². The predicted octanol–water partition coefficient (Wildman–Crippen LogP) is 2.53. The Kier molecular flexibility index (Phi) is 2.32. The van der Waals surface area contributed by atoms with Crippen molar-refractivity contribution in [1.82, 2.24) is 9.78 Å². The molecule has 1 fully saturated rings. The van der Waals surface area contributed by atoms with Gasteiger partial charge in [0.2, 0.25) is 0 Å². The Balaban J connectivity index is 1.94. The third-order valence-corrected chi connectivity index (χ3v) is 3.42. The summed E-state index contributed by atoms with van der Waals surface area (Å²) in [4.78, 5) is 11.0. The predicted molar refractivity (Wildman–Crippen MR) is 65.6 cm³/mol. The highest BCUT2D eigenvalue weighted by Crippen LogP contribution is 2.35. The molecule has 1 aliphatic carbocycles. The summed E-state index contributed by atoms with van der Waals surface area (Å²) >= 11 is 0. The number of rotatable bonds is 2. The minimum atomic E-state index is 0.376. The molecule has 1 aromatic carbocycles. The Labute approximate surface area is 100 Å². The van der Waals surface area contributed by atoms with Crippen LogP contribution in [0, 0.1) is 0 Å². The zero-order valence-corrected chi connectivity index (χ0v) is 9.76. The van der Waals surface area contributed by atoms with Gasteiger partial charge in [0.25, 0.3) is 0 Å². The zero-order chi connectivity index (χ0) is 11.8. The molecular weight excluding hydrogens is 212 g/mol. The van der Waals surface area contributed by atoms with Crippen LogP contribution in [0.25, 0.3) is 11.3 Å². The molecule has 0 unspecified atom stereocenters. The van der Waals surface area contributed by atoms with E-state index in [0.717, 1.165) is 5.69 Å². The fourth-order valence-electron chi connectivity index (χ4n) is 2.33. The highest BCUT2D eigenvalue weighted by Gasteiger charge is 2.27. The van der Waals surface area contributed by atoms with Crippen LogP contribution in [0.2, 0.25) is 0 Å². The summed E-state index contributed by atoms with van der Waals surface area (Å²) in [7, 11) is 1.94. The fourth-order valence-corrected chi connectivity index (χ4v) is 2.33. The van der Waals surface area contributed by atoms with Crippen LogP contribution in [0.15, 0.2) is 36.5 Å². The number of Topliss-reactive ketones (excluding diaryl/α,β-unsaturated/α-hetero) is 1. The van der Waals surface area contributed by atoms with Crippen LogP contribution >= 0.6 is 0 Å². The maximum Gasteiger partial charge on any atom is 0.134 e. The number of hydrogen-bond donors (Lipinski definition) is 0. The van der Waals surface area contributed by atoms with E-state index in [1.807, 2.05) is 17.8 Å². The Morgan fingerprint density at radius 2 is 2.12 bits per heavy atom. The summed E-state index contributed by atoms with van der Waals surface area (Å²) < 4.78 is 1.87. The average molecular weight is 226 g/mol. The molecule has 0 amide bonds. The Hall–Kier alpha value is -1.90. The molecule has 0 bridgehead atoms. The lowest BCUT2D eigenvalue weighted by molar-refractivity contribution is -0.124. The summed E-state index contributed by atoms with van der Waals surface area (Å²) in [5.74, 6) is 0.802. The van der Waals surface area contributed by atoms with E-state index in [2.05, 4.69) is 29.4 Å². The van der Waals surface area contributed by atoms with E-state index in [1.165, 1.54) is 11.1 Å². The van der Waals surface area contributed by atoms with Gasteiger partial charge in [0.1, 0.15) is 5.78 Å². The van der Waals surface area contributed by atoms with Crippen molar-refractivity contribution in [2.75, 3.05) is 0 Å². The second-order valence-electron chi connectivity index (χ2n) is 4.61. The molecule has 17 heavy (non-hydrogen) atoms. The van der Waals surface area contributed by atoms with Gasteiger partial charge >= 0.3 is 0 Å². The van der Waals surface area contributed by atoms with Crippen LogP contribution in [0.5, 0.6) is 0 Å². The van der Waals surface area contributed by atoms with Crippen LogP contribution < -0.4 is 0 Å². The molecule has 1 heterocycles. The molecule has 0 spiro atoms. The smallest absolute Gasteiger partial charge is 0.134 e. The summed E-state index contributed by atoms with van der Waals surface area (Å²) in [6.07, 6.45) is 3.21. The Morgan fingerprint density at radius 1 is 1.29 bits per heavy atom. The topological polar surface area (TPSA) is 34.9 Å². The number of carbonyl (C=O) groups is 1. The molecule has 1 aromatic heterocycles. The average Bonchev–Trinajstić information content (AvgIpc) is 2.71. The van der Waals surface area contributed by atoms with Gasteiger partial charge in [0.05, 0.1) is 5.69 Å². The maximum atomic E-state index is 11.0. The monoisotopic (exact) mass is 226 g/mol. The number of benzene rings is 1. The largest absolute Gasteiger partial charge is 0.300 e. The van der Waals surface area contributed by atoms with Crippen molar-refractivity contribution < 1.29 is 4.79 Å². The van der Waals surface area contributed by atoms with Gasteiger partial charge in [-0.15, -0.1) is 0 Å². The number of aryl methyl sites for hydroxylation is 1. The summed E-state index contributed by atoms with van der Waals surface area (Å²) in [5.41, 5.74) is 3.54. The van der Waals surface area contributed by atoms with E-state index < -0.39 is 0 Å². The van der Waals surface area contributed by atoms with Gasteiger partial charge in [0, 0.05) is 31.6 Å². The molecule has 2 aromatic rings. The van der Waals surface area contributed by atoms with E-state index >= 15 is 0 Å². The number of hydrogen-bond acceptors (Lipinski definition) is 2. The first-order valence-corrected chi connectivity index (χ1v) is 5.84. The first kappa shape index (κ1) is 10.3. The molecule has 3 rings (SSSR count). The first-order chi connectivity index (χ1) is 8.24. The third kappa shape index (κ3) is 1.78. The van der Waals surface area contributed by atoms with Crippen molar-refractivity contribution in [3.63, 3.8) is 0 Å². The van der Waals surface area contributed by atoms with Crippen molar-refractivity contribution in [2.45, 2.75) is 18.8 Å². The van der Waals surface area contributed by atoms with Crippen molar-refractivity contribution in [3.05, 3.63) is 42.1 Å². The number of aromatic nitrogens is 2. The number of ketones is 1. The van der Waals surface area contributed by atoms with Crippen LogP contribution in [-0.4, -0.2) is 15.6 Å². The van der Waals surface area contributed by atoms with Gasteiger partial charge in [-0.05, 0) is 23.6 Å². The molecule has 0 aliphatic heterocycles. The zero-order valence-electron chi connectivity index (χ0n) is 9.76. The van der Waals surface area contributed by atoms with E-state index in [4.69, 9.17) is 0 Å². The van der Waals surface area contributed by atoms with Gasteiger partial charge in [-0.1, -0.05) is 18.2 Å². The van der Waals surface area contributed by atoms with Gasteiger partial charge in [-0.3, -0.25) is 9.48 Å². The summed E-state index contributed by atoms with van der Waals surface area (Å²) in [5, 5.41) is 4.18. The lowest BCUT2D eigenvalue weighted by Crippen LogP contribution is -2.21. The molecule has 1 saturated carbocycles. The standard InChI is InChI=1S/C14H14N2O/c1-16-14(5-6-15-16)11-4-2-3-10(7-11)12-8-13(17)9-12/h2-7,12H,8-9H2,1H3. The van der Waals surface area contributed by atoms with Crippen molar-refractivity contribution in [1.29, 1.82) is 0 Å². The van der Waals surface area contributed by atoms with E-state index in [9.17, 15) is 4.79 Å². The van der Waals surface area contributed by atoms with Crippen LogP contribution in [0.1, 0.15) is 24.3 Å². The van der Waals surface area contributed by atoms with E-state index in [1.54, 1.807) is 6.20 Å². The lowest BCUT2D eigenvalue weighted by atomic mass is 9.78. The third-order valence-electron chi connectivity index (χ3n) is 3.42. The lowest BCUT2D eigenvalue weighted by Gasteiger charge is -2.24. The Morgan fingerprint density at radius 3 is 2.76 bits per heavy atom. The molecule has 0 saturated heterocycles. The molecule has 0 radical (unpaired) electrons. The van der Waals surface area contributed by atoms with Crippen molar-refractivity contribution in [2.24, 2.45) is 7.05 Å². The van der Waals surface area contributed by atoms with Crippen molar-refractivity contribution >= 4 is 5.78 Å². The molecular formula is C14H14N2O. The Bertz CT molecular complexity index is 563. The molecule has 86 valence electrons. The molecule has 1 aliphatic rings. The van der Waals surface area contributed by atoms with E-state index in [0.29, 0.717) is 24.5 Å². The normalized spacial score (nSPS) is 15.9. The minimum Gasteiger partial charge on any atom is -0.300 e. The molecule has 0 atom stereocenters. The summed E-state index contributed by atoms with van der Waals surface area (Å²) in [6, 6.07) is 10.4. The van der Waals surface area contributed by atoms with Crippen LogP contribution in [0.4, 0.5) is 0 Å². The van der Waals surface area contributed by atoms with Crippen LogP contribution in [0.3, 0.4) is 0 Å². The second kappa shape index (κ2) is 3.84. The second-order valence-corrected chi connectivity index (χ2v) is 4.61. The van der Waals surface area contributed by atoms with Gasteiger partial charge in [0.15, 0.2) is 0 Å². The molecule has 0 N–H and O–H groups in total. The quantitative estimate of drug-likeness (QED) is 0.788. The minimum absolute atomic E-state index is 0.376. The number of carbonyl (C=O) groups excluding carboxylic acids is 1. The molecule has 3 heteroatoms. The van der Waals surface area contributed by atoms with Crippen LogP contribution in [-0.2, 0) is 11.8 Å². The van der Waals surface area contributed by atoms with Crippen molar-refractivity contribution in [3.8, 4) is 11.3 Å². The first-order valence-electron chi connectivity index (χ1n) is 5.84. The highest BCUT2D eigenvalue weighted by atomic mass is 16.1. The number of nitrogens with zero attached hydrogens (tertiary/aromatic N) is 2. The fraction of sp³-hybridized carbons (Fsp3) is 0.286. The SMILES string of the molecule is Cn1nccc1-c1cccc(C2CC(=O)C2)c1. The highest BCUT2D eigenvalue weighted by molar-refractivity contribution is 5.86. The summed E-state index contributed by atoms with van der Waals surface area (Å²) in [6.45, 7) is 0. The van der Waals surface area contributed by atoms with Gasteiger partial charge in [-0.2, -0.15) is 5.10 Å². The molecule has 3 nitrogen and oxygen atoms in total. The van der Waals surface area contributed by atoms with Gasteiger partial charge in [-0.25, -0.2) is 0 Å².